The summed E-state index contributed by atoms with van der Waals surface area (Å²) in [7, 11) is 0. The fourth-order valence-corrected chi connectivity index (χ4v) is 2.52. The zero-order chi connectivity index (χ0) is 17.9. The van der Waals surface area contributed by atoms with Gasteiger partial charge >= 0.3 is 5.69 Å². The zero-order valence-corrected chi connectivity index (χ0v) is 13.4. The summed E-state index contributed by atoms with van der Waals surface area (Å²) < 4.78 is 1.89. The number of H-pyrrole nitrogens is 2. The van der Waals surface area contributed by atoms with E-state index in [1.54, 1.807) is 6.21 Å². The Bertz CT molecular complexity index is 1200. The highest BCUT2D eigenvalue weighted by Gasteiger charge is 2.12. The molecule has 0 saturated carbocycles. The van der Waals surface area contributed by atoms with Crippen molar-refractivity contribution in [3.8, 4) is 11.3 Å². The predicted octanol–water partition coefficient (Wildman–Crippen LogP) is 1.22. The molecule has 128 valence electrons. The molecular formula is C17H13N7O2. The van der Waals surface area contributed by atoms with Crippen LogP contribution in [0.1, 0.15) is 5.69 Å². The smallest absolute Gasteiger partial charge is 0.298 e. The van der Waals surface area contributed by atoms with Crippen LogP contribution in [0.3, 0.4) is 0 Å². The van der Waals surface area contributed by atoms with E-state index in [1.165, 1.54) is 0 Å². The number of hydrogen-bond acceptors (Lipinski definition) is 6. The highest BCUT2D eigenvalue weighted by atomic mass is 16.2. The third kappa shape index (κ3) is 2.88. The zero-order valence-electron chi connectivity index (χ0n) is 13.4. The Morgan fingerprint density at radius 3 is 2.69 bits per heavy atom. The summed E-state index contributed by atoms with van der Waals surface area (Å²) in [5, 5.41) is 9.82. The molecule has 0 bridgehead atoms. The van der Waals surface area contributed by atoms with Gasteiger partial charge in [0.25, 0.3) is 5.56 Å². The molecule has 0 unspecified atom stereocenters. The largest absolute Gasteiger partial charge is 0.342 e. The standard InChI is InChI=1S/C17H13N7O2/c25-16-15(22-23-17(26)20-16)21-18-10-12-14(11-6-2-1-3-7-11)19-13-8-4-5-9-24(12)13/h1-10H,(H,21,22)(H2,20,23,25,26). The Kier molecular flexibility index (Phi) is 3.86. The van der Waals surface area contributed by atoms with Gasteiger partial charge in [0.05, 0.1) is 17.6 Å². The lowest BCUT2D eigenvalue weighted by Crippen LogP contribution is -2.25. The summed E-state index contributed by atoms with van der Waals surface area (Å²) in [4.78, 5) is 29.4. The highest BCUT2D eigenvalue weighted by molar-refractivity contribution is 5.89. The first-order valence-corrected chi connectivity index (χ1v) is 7.73. The monoisotopic (exact) mass is 347 g/mol. The first-order chi connectivity index (χ1) is 12.7. The molecule has 1 aromatic carbocycles. The van der Waals surface area contributed by atoms with Crippen LogP contribution in [0, 0.1) is 0 Å². The molecule has 0 radical (unpaired) electrons. The average Bonchev–Trinajstić information content (AvgIpc) is 3.03. The van der Waals surface area contributed by atoms with Crippen molar-refractivity contribution in [2.45, 2.75) is 0 Å². The number of imidazole rings is 1. The molecule has 0 atom stereocenters. The van der Waals surface area contributed by atoms with Crippen LogP contribution in [0.4, 0.5) is 5.82 Å². The molecule has 4 aromatic rings. The van der Waals surface area contributed by atoms with E-state index in [9.17, 15) is 9.59 Å². The number of benzene rings is 1. The number of pyridine rings is 1. The van der Waals surface area contributed by atoms with Gasteiger partial charge in [-0.1, -0.05) is 36.4 Å². The first kappa shape index (κ1) is 15.5. The van der Waals surface area contributed by atoms with Gasteiger partial charge in [0, 0.05) is 11.8 Å². The molecule has 9 nitrogen and oxygen atoms in total. The number of rotatable bonds is 4. The summed E-state index contributed by atoms with van der Waals surface area (Å²) in [5.41, 5.74) is 4.39. The number of fused-ring (bicyclic) bond motifs is 1. The number of hydrazone groups is 1. The third-order valence-electron chi connectivity index (χ3n) is 3.68. The minimum Gasteiger partial charge on any atom is -0.298 e. The lowest BCUT2D eigenvalue weighted by molar-refractivity contribution is 0.890. The molecule has 9 heteroatoms. The summed E-state index contributed by atoms with van der Waals surface area (Å²) in [6.45, 7) is 0. The Balaban J connectivity index is 1.75. The van der Waals surface area contributed by atoms with Crippen LogP contribution in [-0.4, -0.2) is 30.8 Å². The molecule has 0 spiro atoms. The summed E-state index contributed by atoms with van der Waals surface area (Å²) in [6, 6.07) is 15.4. The fourth-order valence-electron chi connectivity index (χ4n) is 2.52. The van der Waals surface area contributed by atoms with Crippen molar-refractivity contribution in [2.24, 2.45) is 5.10 Å². The molecule has 4 rings (SSSR count). The minimum atomic E-state index is -0.683. The average molecular weight is 347 g/mol. The number of aromatic nitrogens is 5. The van der Waals surface area contributed by atoms with Crippen molar-refractivity contribution < 1.29 is 0 Å². The van der Waals surface area contributed by atoms with Gasteiger partial charge in [0.1, 0.15) is 5.65 Å². The van der Waals surface area contributed by atoms with Crippen molar-refractivity contribution in [3.05, 3.63) is 81.3 Å². The van der Waals surface area contributed by atoms with Crippen molar-refractivity contribution >= 4 is 17.7 Å². The van der Waals surface area contributed by atoms with Gasteiger partial charge in [-0.25, -0.2) is 14.9 Å². The van der Waals surface area contributed by atoms with E-state index in [-0.39, 0.29) is 5.82 Å². The molecule has 0 aliphatic carbocycles. The maximum Gasteiger partial charge on any atom is 0.342 e. The van der Waals surface area contributed by atoms with Gasteiger partial charge in [0.15, 0.2) is 0 Å². The van der Waals surface area contributed by atoms with Gasteiger partial charge in [-0.2, -0.15) is 5.10 Å². The molecule has 26 heavy (non-hydrogen) atoms. The number of aromatic amines is 2. The maximum absolute atomic E-state index is 11.6. The van der Waals surface area contributed by atoms with E-state index in [0.29, 0.717) is 0 Å². The molecule has 0 fully saturated rings. The van der Waals surface area contributed by atoms with Crippen LogP contribution in [0.2, 0.25) is 0 Å². The molecule has 3 N–H and O–H groups in total. The van der Waals surface area contributed by atoms with Crippen molar-refractivity contribution in [3.63, 3.8) is 0 Å². The number of nitrogens with one attached hydrogen (secondary N) is 3. The van der Waals surface area contributed by atoms with E-state index >= 15 is 0 Å². The number of anilines is 1. The van der Waals surface area contributed by atoms with Crippen molar-refractivity contribution in [1.29, 1.82) is 0 Å². The normalized spacial score (nSPS) is 11.2. The van der Waals surface area contributed by atoms with Gasteiger partial charge in [-0.3, -0.25) is 19.6 Å². The molecule has 0 saturated heterocycles. The lowest BCUT2D eigenvalue weighted by atomic mass is 10.1. The fraction of sp³-hybridized carbons (Fsp3) is 0. The van der Waals surface area contributed by atoms with Gasteiger partial charge in [-0.05, 0) is 12.1 Å². The summed E-state index contributed by atoms with van der Waals surface area (Å²) >= 11 is 0. The second-order valence-electron chi connectivity index (χ2n) is 5.37. The Morgan fingerprint density at radius 1 is 1.08 bits per heavy atom. The summed E-state index contributed by atoms with van der Waals surface area (Å²) in [5.74, 6) is -0.115. The highest BCUT2D eigenvalue weighted by Crippen LogP contribution is 2.23. The van der Waals surface area contributed by atoms with E-state index in [1.807, 2.05) is 59.1 Å². The Hall–Kier alpha value is -4.01. The number of nitrogens with zero attached hydrogens (tertiary/aromatic N) is 4. The first-order valence-electron chi connectivity index (χ1n) is 7.73. The lowest BCUT2D eigenvalue weighted by Gasteiger charge is -2.00. The van der Waals surface area contributed by atoms with E-state index in [0.717, 1.165) is 22.6 Å². The van der Waals surface area contributed by atoms with Crippen LogP contribution in [-0.2, 0) is 0 Å². The second kappa shape index (κ2) is 6.48. The minimum absolute atomic E-state index is 0.115. The Labute approximate surface area is 146 Å². The molecule has 3 aromatic heterocycles. The second-order valence-corrected chi connectivity index (χ2v) is 5.37. The van der Waals surface area contributed by atoms with E-state index < -0.39 is 11.2 Å². The molecule has 0 aliphatic rings. The number of hydrogen-bond donors (Lipinski definition) is 3. The van der Waals surface area contributed by atoms with Crippen LogP contribution in [0.5, 0.6) is 0 Å². The maximum atomic E-state index is 11.6. The van der Waals surface area contributed by atoms with E-state index in [2.05, 4.69) is 30.7 Å². The van der Waals surface area contributed by atoms with Crippen LogP contribution < -0.4 is 16.7 Å². The van der Waals surface area contributed by atoms with Gasteiger partial charge in [0.2, 0.25) is 5.82 Å². The summed E-state index contributed by atoms with van der Waals surface area (Å²) in [6.07, 6.45) is 3.43. The molecular weight excluding hydrogens is 334 g/mol. The quantitative estimate of drug-likeness (QED) is 0.379. The van der Waals surface area contributed by atoms with Gasteiger partial charge < -0.3 is 0 Å². The van der Waals surface area contributed by atoms with Crippen LogP contribution >= 0.6 is 0 Å². The van der Waals surface area contributed by atoms with Crippen molar-refractivity contribution in [2.75, 3.05) is 5.43 Å². The Morgan fingerprint density at radius 2 is 1.88 bits per heavy atom. The molecule has 0 aliphatic heterocycles. The van der Waals surface area contributed by atoms with Crippen LogP contribution in [0.25, 0.3) is 16.9 Å². The van der Waals surface area contributed by atoms with E-state index in [4.69, 9.17) is 0 Å². The predicted molar refractivity (Wildman–Crippen MR) is 97.3 cm³/mol. The third-order valence-corrected chi connectivity index (χ3v) is 3.68. The van der Waals surface area contributed by atoms with Crippen molar-refractivity contribution in [1.82, 2.24) is 24.6 Å². The molecule has 3 heterocycles. The SMILES string of the molecule is O=c1[nH]nc(NN=Cc2c(-c3ccccc3)nc3ccccn23)c(=O)[nH]1. The van der Waals surface area contributed by atoms with Gasteiger partial charge in [-0.15, -0.1) is 5.10 Å². The van der Waals surface area contributed by atoms with Crippen LogP contribution in [0.15, 0.2) is 69.4 Å². The topological polar surface area (TPSA) is 120 Å². The molecule has 0 amide bonds.